The van der Waals surface area contributed by atoms with E-state index in [1.165, 1.54) is 18.2 Å². The SMILES string of the molecule is O=Cc1cccc2n[nH]c(C(F)(F)F)c12. The number of aromatic amines is 1. The van der Waals surface area contributed by atoms with Gasteiger partial charge in [-0.15, -0.1) is 0 Å². The summed E-state index contributed by atoms with van der Waals surface area (Å²) in [6.45, 7) is 0. The maximum atomic E-state index is 12.5. The number of hydrogen-bond acceptors (Lipinski definition) is 2. The Bertz CT molecular complexity index is 516. The number of carbonyl (C=O) groups excluding carboxylic acids is 1. The van der Waals surface area contributed by atoms with Crippen molar-refractivity contribution in [1.82, 2.24) is 10.2 Å². The topological polar surface area (TPSA) is 45.8 Å². The first kappa shape index (κ1) is 9.70. The molecule has 0 spiro atoms. The number of benzene rings is 1. The highest BCUT2D eigenvalue weighted by Crippen LogP contribution is 2.33. The van der Waals surface area contributed by atoms with Crippen LogP contribution in [0.1, 0.15) is 16.1 Å². The van der Waals surface area contributed by atoms with Gasteiger partial charge in [0.05, 0.1) is 5.52 Å². The van der Waals surface area contributed by atoms with Crippen LogP contribution < -0.4 is 0 Å². The number of aromatic nitrogens is 2. The molecule has 78 valence electrons. The van der Waals surface area contributed by atoms with Crippen LogP contribution >= 0.6 is 0 Å². The zero-order valence-corrected chi connectivity index (χ0v) is 7.30. The van der Waals surface area contributed by atoms with Crippen LogP contribution in [0.25, 0.3) is 10.9 Å². The Labute approximate surface area is 81.9 Å². The maximum Gasteiger partial charge on any atom is 0.433 e. The number of fused-ring (bicyclic) bond motifs is 1. The smallest absolute Gasteiger partial charge is 0.298 e. The molecule has 1 aromatic carbocycles. The summed E-state index contributed by atoms with van der Waals surface area (Å²) in [5, 5.41) is 5.20. The van der Waals surface area contributed by atoms with Crippen molar-refractivity contribution in [2.45, 2.75) is 6.18 Å². The molecule has 6 heteroatoms. The maximum absolute atomic E-state index is 12.5. The van der Waals surface area contributed by atoms with Gasteiger partial charge in [0.2, 0.25) is 0 Å². The molecule has 0 fully saturated rings. The molecule has 0 aliphatic heterocycles. The summed E-state index contributed by atoms with van der Waals surface area (Å²) in [4.78, 5) is 10.6. The van der Waals surface area contributed by atoms with E-state index in [-0.39, 0.29) is 16.5 Å². The number of H-pyrrole nitrogens is 1. The van der Waals surface area contributed by atoms with Crippen LogP contribution in [0, 0.1) is 0 Å². The molecule has 0 radical (unpaired) electrons. The number of nitrogens with zero attached hydrogens (tertiary/aromatic N) is 1. The van der Waals surface area contributed by atoms with E-state index >= 15 is 0 Å². The Kier molecular flexibility index (Phi) is 1.99. The Balaban J connectivity index is 2.83. The fraction of sp³-hybridized carbons (Fsp3) is 0.111. The summed E-state index contributed by atoms with van der Waals surface area (Å²) in [6.07, 6.45) is -4.15. The second-order valence-corrected chi connectivity index (χ2v) is 2.96. The van der Waals surface area contributed by atoms with Crippen molar-refractivity contribution in [1.29, 1.82) is 0 Å². The van der Waals surface area contributed by atoms with Crippen molar-refractivity contribution in [3.8, 4) is 0 Å². The minimum atomic E-state index is -4.53. The lowest BCUT2D eigenvalue weighted by molar-refractivity contribution is -0.139. The first-order valence-corrected chi connectivity index (χ1v) is 4.03. The van der Waals surface area contributed by atoms with Gasteiger partial charge in [-0.05, 0) is 6.07 Å². The predicted molar refractivity (Wildman–Crippen MR) is 46.5 cm³/mol. The zero-order valence-electron chi connectivity index (χ0n) is 7.30. The van der Waals surface area contributed by atoms with Crippen LogP contribution in [-0.2, 0) is 6.18 Å². The number of alkyl halides is 3. The molecule has 2 rings (SSSR count). The van der Waals surface area contributed by atoms with Crippen LogP contribution in [0.3, 0.4) is 0 Å². The molecule has 0 atom stereocenters. The van der Waals surface area contributed by atoms with E-state index in [1.807, 2.05) is 5.10 Å². The highest BCUT2D eigenvalue weighted by Gasteiger charge is 2.35. The van der Waals surface area contributed by atoms with Gasteiger partial charge in [-0.2, -0.15) is 18.3 Å². The zero-order chi connectivity index (χ0) is 11.1. The fourth-order valence-corrected chi connectivity index (χ4v) is 1.40. The third-order valence-corrected chi connectivity index (χ3v) is 2.02. The van der Waals surface area contributed by atoms with Crippen molar-refractivity contribution < 1.29 is 18.0 Å². The van der Waals surface area contributed by atoms with E-state index < -0.39 is 11.9 Å². The Morgan fingerprint density at radius 3 is 2.67 bits per heavy atom. The number of carbonyl (C=O) groups is 1. The van der Waals surface area contributed by atoms with Gasteiger partial charge in [0.1, 0.15) is 5.69 Å². The molecule has 0 aliphatic rings. The molecule has 0 aliphatic carbocycles. The molecule has 1 aromatic heterocycles. The quantitative estimate of drug-likeness (QED) is 0.741. The van der Waals surface area contributed by atoms with E-state index in [0.717, 1.165) is 0 Å². The van der Waals surface area contributed by atoms with Gasteiger partial charge in [0, 0.05) is 10.9 Å². The summed E-state index contributed by atoms with van der Waals surface area (Å²) in [5.74, 6) is 0. The van der Waals surface area contributed by atoms with Gasteiger partial charge in [0.15, 0.2) is 6.29 Å². The first-order valence-electron chi connectivity index (χ1n) is 4.03. The minimum absolute atomic E-state index is 0.0198. The standard InChI is InChI=1S/C9H5F3N2O/c10-9(11,12)8-7-5(4-15)2-1-3-6(7)13-14-8/h1-4H,(H,13,14). The molecular weight excluding hydrogens is 209 g/mol. The normalized spacial score (nSPS) is 11.9. The predicted octanol–water partition coefficient (Wildman–Crippen LogP) is 2.39. The Morgan fingerprint density at radius 1 is 1.33 bits per heavy atom. The van der Waals surface area contributed by atoms with Crippen LogP contribution in [0.15, 0.2) is 18.2 Å². The van der Waals surface area contributed by atoms with Crippen molar-refractivity contribution >= 4 is 17.2 Å². The fourth-order valence-electron chi connectivity index (χ4n) is 1.40. The summed E-state index contributed by atoms with van der Waals surface area (Å²) in [7, 11) is 0. The second kappa shape index (κ2) is 3.08. The molecular formula is C9H5F3N2O. The molecule has 3 nitrogen and oxygen atoms in total. The van der Waals surface area contributed by atoms with E-state index in [4.69, 9.17) is 0 Å². The number of halogens is 3. The van der Waals surface area contributed by atoms with Gasteiger partial charge < -0.3 is 0 Å². The third kappa shape index (κ3) is 1.47. The first-order chi connectivity index (χ1) is 7.04. The van der Waals surface area contributed by atoms with Gasteiger partial charge in [0.25, 0.3) is 0 Å². The second-order valence-electron chi connectivity index (χ2n) is 2.96. The van der Waals surface area contributed by atoms with Gasteiger partial charge in [-0.1, -0.05) is 12.1 Å². The average molecular weight is 214 g/mol. The molecule has 1 N–H and O–H groups in total. The Hall–Kier alpha value is -1.85. The van der Waals surface area contributed by atoms with E-state index in [2.05, 4.69) is 5.10 Å². The molecule has 0 unspecified atom stereocenters. The molecule has 15 heavy (non-hydrogen) atoms. The molecule has 0 bridgehead atoms. The lowest BCUT2D eigenvalue weighted by Gasteiger charge is -2.03. The number of aldehydes is 1. The van der Waals surface area contributed by atoms with Gasteiger partial charge in [-0.25, -0.2) is 0 Å². The van der Waals surface area contributed by atoms with Crippen LogP contribution in [0.5, 0.6) is 0 Å². The summed E-state index contributed by atoms with van der Waals surface area (Å²) >= 11 is 0. The monoisotopic (exact) mass is 214 g/mol. The van der Waals surface area contributed by atoms with E-state index in [9.17, 15) is 18.0 Å². The molecule has 0 saturated heterocycles. The van der Waals surface area contributed by atoms with Gasteiger partial charge in [-0.3, -0.25) is 9.89 Å². The van der Waals surface area contributed by atoms with Crippen LogP contribution in [-0.4, -0.2) is 16.5 Å². The number of rotatable bonds is 1. The highest BCUT2D eigenvalue weighted by molar-refractivity contribution is 5.98. The largest absolute Gasteiger partial charge is 0.433 e. The molecule has 0 amide bonds. The molecule has 2 aromatic rings. The lowest BCUT2D eigenvalue weighted by Crippen LogP contribution is -2.06. The summed E-state index contributed by atoms with van der Waals surface area (Å²) < 4.78 is 37.4. The molecule has 1 heterocycles. The van der Waals surface area contributed by atoms with Crippen molar-refractivity contribution in [2.75, 3.05) is 0 Å². The van der Waals surface area contributed by atoms with E-state index in [1.54, 1.807) is 0 Å². The highest BCUT2D eigenvalue weighted by atomic mass is 19.4. The van der Waals surface area contributed by atoms with Crippen molar-refractivity contribution in [3.05, 3.63) is 29.5 Å². The number of hydrogen-bond donors (Lipinski definition) is 1. The van der Waals surface area contributed by atoms with E-state index in [0.29, 0.717) is 6.29 Å². The van der Waals surface area contributed by atoms with Crippen LogP contribution in [0.2, 0.25) is 0 Å². The molecule has 0 saturated carbocycles. The van der Waals surface area contributed by atoms with Crippen molar-refractivity contribution in [2.24, 2.45) is 0 Å². The number of nitrogens with one attached hydrogen (secondary N) is 1. The minimum Gasteiger partial charge on any atom is -0.298 e. The summed E-state index contributed by atoms with van der Waals surface area (Å²) in [6, 6.07) is 4.21. The van der Waals surface area contributed by atoms with Crippen molar-refractivity contribution in [3.63, 3.8) is 0 Å². The average Bonchev–Trinajstić information content (AvgIpc) is 2.59. The summed E-state index contributed by atoms with van der Waals surface area (Å²) in [5.41, 5.74) is -0.874. The lowest BCUT2D eigenvalue weighted by atomic mass is 10.1. The van der Waals surface area contributed by atoms with Crippen LogP contribution in [0.4, 0.5) is 13.2 Å². The van der Waals surface area contributed by atoms with Gasteiger partial charge >= 0.3 is 6.18 Å². The third-order valence-electron chi connectivity index (χ3n) is 2.02. The Morgan fingerprint density at radius 2 is 2.07 bits per heavy atom.